The number of carbonyl (C=O) groups excluding carboxylic acids is 1. The first-order valence-corrected chi connectivity index (χ1v) is 9.78. The van der Waals surface area contributed by atoms with E-state index in [1.54, 1.807) is 0 Å². The standard InChI is InChI=1S/C19H30N4O2/c1-15-4-7-18(25-15)17(22-8-2-3-9-22)14-20-19(24)23-12-10-21(11-13-23)16-5-6-16/h4,7,16-17H,2-3,5-6,8-14H2,1H3,(H,20,24)/t17-/m1/s1. The first-order valence-electron chi connectivity index (χ1n) is 9.78. The minimum atomic E-state index is 0.0721. The van der Waals surface area contributed by atoms with Gasteiger partial charge in [0.25, 0.3) is 0 Å². The van der Waals surface area contributed by atoms with Crippen molar-refractivity contribution in [3.05, 3.63) is 23.7 Å². The summed E-state index contributed by atoms with van der Waals surface area (Å²) in [4.78, 5) is 19.5. The number of urea groups is 1. The lowest BCUT2D eigenvalue weighted by Gasteiger charge is -2.35. The van der Waals surface area contributed by atoms with E-state index in [2.05, 4.69) is 21.2 Å². The number of piperazine rings is 1. The zero-order chi connectivity index (χ0) is 17.2. The van der Waals surface area contributed by atoms with Crippen molar-refractivity contribution in [1.82, 2.24) is 20.0 Å². The Morgan fingerprint density at radius 1 is 1.16 bits per heavy atom. The van der Waals surface area contributed by atoms with Gasteiger partial charge in [0.05, 0.1) is 6.04 Å². The summed E-state index contributed by atoms with van der Waals surface area (Å²) in [7, 11) is 0. The lowest BCUT2D eigenvalue weighted by molar-refractivity contribution is 0.131. The van der Waals surface area contributed by atoms with Gasteiger partial charge in [-0.05, 0) is 57.8 Å². The number of nitrogens with zero attached hydrogens (tertiary/aromatic N) is 3. The molecule has 25 heavy (non-hydrogen) atoms. The molecule has 1 aliphatic carbocycles. The van der Waals surface area contributed by atoms with Crippen LogP contribution in [0.4, 0.5) is 4.79 Å². The molecule has 3 heterocycles. The maximum atomic E-state index is 12.6. The number of nitrogens with one attached hydrogen (secondary N) is 1. The van der Waals surface area contributed by atoms with Crippen molar-refractivity contribution in [3.63, 3.8) is 0 Å². The van der Waals surface area contributed by atoms with Gasteiger partial charge in [0.15, 0.2) is 0 Å². The van der Waals surface area contributed by atoms with E-state index in [0.717, 1.165) is 56.8 Å². The predicted octanol–water partition coefficient (Wildman–Crippen LogP) is 2.21. The van der Waals surface area contributed by atoms with Crippen LogP contribution in [0.15, 0.2) is 16.5 Å². The van der Waals surface area contributed by atoms with E-state index in [1.165, 1.54) is 25.7 Å². The highest BCUT2D eigenvalue weighted by molar-refractivity contribution is 5.74. The summed E-state index contributed by atoms with van der Waals surface area (Å²) in [5.41, 5.74) is 0. The van der Waals surface area contributed by atoms with Crippen molar-refractivity contribution in [3.8, 4) is 0 Å². The van der Waals surface area contributed by atoms with Gasteiger partial charge in [-0.2, -0.15) is 0 Å². The smallest absolute Gasteiger partial charge is 0.317 e. The molecule has 0 radical (unpaired) electrons. The highest BCUT2D eigenvalue weighted by Crippen LogP contribution is 2.28. The number of hydrogen-bond acceptors (Lipinski definition) is 4. The quantitative estimate of drug-likeness (QED) is 0.888. The molecule has 2 aliphatic heterocycles. The second-order valence-corrected chi connectivity index (χ2v) is 7.65. The lowest BCUT2D eigenvalue weighted by atomic mass is 10.2. The van der Waals surface area contributed by atoms with Gasteiger partial charge in [0.1, 0.15) is 11.5 Å². The molecule has 3 aliphatic rings. The molecule has 0 unspecified atom stereocenters. The first kappa shape index (κ1) is 16.9. The van der Waals surface area contributed by atoms with Crippen molar-refractivity contribution in [2.75, 3.05) is 45.8 Å². The highest BCUT2D eigenvalue weighted by atomic mass is 16.3. The average molecular weight is 346 g/mol. The Morgan fingerprint density at radius 2 is 1.88 bits per heavy atom. The van der Waals surface area contributed by atoms with E-state index >= 15 is 0 Å². The first-order chi connectivity index (χ1) is 12.2. The molecule has 1 aromatic heterocycles. The van der Waals surface area contributed by atoms with Crippen LogP contribution in [0, 0.1) is 6.92 Å². The molecular weight excluding hydrogens is 316 g/mol. The van der Waals surface area contributed by atoms with Gasteiger partial charge < -0.3 is 14.6 Å². The van der Waals surface area contributed by atoms with Crippen molar-refractivity contribution < 1.29 is 9.21 Å². The van der Waals surface area contributed by atoms with Gasteiger partial charge >= 0.3 is 6.03 Å². The Kier molecular flexibility index (Phi) is 4.99. The highest BCUT2D eigenvalue weighted by Gasteiger charge is 2.33. The molecule has 1 N–H and O–H groups in total. The van der Waals surface area contributed by atoms with E-state index in [-0.39, 0.29) is 12.1 Å². The fourth-order valence-corrected chi connectivity index (χ4v) is 4.12. The molecule has 1 aromatic rings. The largest absolute Gasteiger partial charge is 0.465 e. The second-order valence-electron chi connectivity index (χ2n) is 7.65. The van der Waals surface area contributed by atoms with Crippen LogP contribution in [-0.2, 0) is 0 Å². The maximum absolute atomic E-state index is 12.6. The minimum Gasteiger partial charge on any atom is -0.465 e. The molecule has 1 saturated carbocycles. The molecule has 138 valence electrons. The van der Waals surface area contributed by atoms with Crippen LogP contribution in [0.25, 0.3) is 0 Å². The zero-order valence-corrected chi connectivity index (χ0v) is 15.2. The summed E-state index contributed by atoms with van der Waals surface area (Å²) in [5, 5.41) is 3.16. The SMILES string of the molecule is Cc1ccc([C@@H](CNC(=O)N2CCN(C3CC3)CC2)N2CCCC2)o1. The van der Waals surface area contributed by atoms with E-state index in [4.69, 9.17) is 4.42 Å². The Hall–Kier alpha value is -1.53. The zero-order valence-electron chi connectivity index (χ0n) is 15.2. The van der Waals surface area contributed by atoms with Crippen LogP contribution in [0.1, 0.15) is 43.2 Å². The van der Waals surface area contributed by atoms with Crippen LogP contribution >= 0.6 is 0 Å². The molecule has 2 saturated heterocycles. The number of likely N-dealkylation sites (tertiary alicyclic amines) is 1. The van der Waals surface area contributed by atoms with E-state index in [1.807, 2.05) is 17.9 Å². The number of furan rings is 1. The lowest BCUT2D eigenvalue weighted by Crippen LogP contribution is -2.53. The van der Waals surface area contributed by atoms with Gasteiger partial charge in [-0.3, -0.25) is 9.80 Å². The van der Waals surface area contributed by atoms with E-state index in [9.17, 15) is 4.79 Å². The molecule has 3 fully saturated rings. The molecule has 0 aromatic carbocycles. The van der Waals surface area contributed by atoms with Crippen LogP contribution in [0.3, 0.4) is 0 Å². The van der Waals surface area contributed by atoms with Gasteiger partial charge in [-0.1, -0.05) is 0 Å². The van der Waals surface area contributed by atoms with Crippen LogP contribution in [0.5, 0.6) is 0 Å². The molecule has 1 atom stereocenters. The number of carbonyl (C=O) groups is 1. The predicted molar refractivity (Wildman–Crippen MR) is 96.6 cm³/mol. The third kappa shape index (κ3) is 4.01. The van der Waals surface area contributed by atoms with Crippen molar-refractivity contribution in [1.29, 1.82) is 0 Å². The summed E-state index contributed by atoms with van der Waals surface area (Å²) >= 11 is 0. The average Bonchev–Trinajstić information content (AvgIpc) is 3.17. The van der Waals surface area contributed by atoms with Crippen LogP contribution in [0.2, 0.25) is 0 Å². The Labute approximate surface area is 150 Å². The summed E-state index contributed by atoms with van der Waals surface area (Å²) in [6.07, 6.45) is 5.14. The summed E-state index contributed by atoms with van der Waals surface area (Å²) in [6, 6.07) is 5.08. The Bertz CT molecular complexity index is 584. The minimum absolute atomic E-state index is 0.0721. The normalized spacial score (nSPS) is 23.8. The fourth-order valence-electron chi connectivity index (χ4n) is 4.12. The molecule has 6 nitrogen and oxygen atoms in total. The van der Waals surface area contributed by atoms with Gasteiger partial charge in [0, 0.05) is 38.8 Å². The third-order valence-corrected chi connectivity index (χ3v) is 5.78. The molecule has 0 spiro atoms. The van der Waals surface area contributed by atoms with E-state index in [0.29, 0.717) is 6.54 Å². The number of rotatable bonds is 5. The van der Waals surface area contributed by atoms with Crippen molar-refractivity contribution in [2.24, 2.45) is 0 Å². The van der Waals surface area contributed by atoms with Gasteiger partial charge in [-0.25, -0.2) is 4.79 Å². The van der Waals surface area contributed by atoms with Gasteiger partial charge in [-0.15, -0.1) is 0 Å². The van der Waals surface area contributed by atoms with Crippen molar-refractivity contribution in [2.45, 2.75) is 44.7 Å². The number of amides is 2. The molecule has 4 rings (SSSR count). The Balaban J connectivity index is 1.31. The maximum Gasteiger partial charge on any atom is 0.317 e. The summed E-state index contributed by atoms with van der Waals surface area (Å²) < 4.78 is 5.87. The Morgan fingerprint density at radius 3 is 2.48 bits per heavy atom. The van der Waals surface area contributed by atoms with Crippen LogP contribution in [-0.4, -0.2) is 72.6 Å². The summed E-state index contributed by atoms with van der Waals surface area (Å²) in [6.45, 7) is 8.49. The molecular formula is C19H30N4O2. The molecule has 2 amide bonds. The van der Waals surface area contributed by atoms with Crippen molar-refractivity contribution >= 4 is 6.03 Å². The topological polar surface area (TPSA) is 52.0 Å². The number of aryl methyl sites for hydroxylation is 1. The van der Waals surface area contributed by atoms with Gasteiger partial charge in [0.2, 0.25) is 0 Å². The molecule has 6 heteroatoms. The fraction of sp³-hybridized carbons (Fsp3) is 0.737. The monoisotopic (exact) mass is 346 g/mol. The van der Waals surface area contributed by atoms with E-state index < -0.39 is 0 Å². The number of hydrogen-bond donors (Lipinski definition) is 1. The third-order valence-electron chi connectivity index (χ3n) is 5.78. The van der Waals surface area contributed by atoms with Crippen LogP contribution < -0.4 is 5.32 Å². The molecule has 0 bridgehead atoms. The summed E-state index contributed by atoms with van der Waals surface area (Å²) in [5.74, 6) is 1.90. The second kappa shape index (κ2) is 7.38.